The lowest BCUT2D eigenvalue weighted by atomic mass is 10.1. The Morgan fingerprint density at radius 3 is 2.84 bits per heavy atom. The maximum absolute atomic E-state index is 11.9. The summed E-state index contributed by atoms with van der Waals surface area (Å²) in [7, 11) is 0. The van der Waals surface area contributed by atoms with E-state index in [1.54, 1.807) is 0 Å². The van der Waals surface area contributed by atoms with E-state index in [9.17, 15) is 19.2 Å². The van der Waals surface area contributed by atoms with E-state index in [1.807, 2.05) is 6.92 Å². The number of nitrogens with one attached hydrogen (secondary N) is 2. The molecule has 9 nitrogen and oxygen atoms in total. The average molecular weight is 370 g/mol. The summed E-state index contributed by atoms with van der Waals surface area (Å²) < 4.78 is 4.83. The predicted molar refractivity (Wildman–Crippen MR) is 94.0 cm³/mol. The van der Waals surface area contributed by atoms with E-state index < -0.39 is 23.7 Å². The number of carbonyl (C=O) groups excluding carboxylic acids is 4. The number of ketones is 1. The molecule has 1 heterocycles. The molecule has 4 N–H and O–H groups in total. The zero-order valence-electron chi connectivity index (χ0n) is 13.9. The van der Waals surface area contributed by atoms with Gasteiger partial charge in [-0.25, -0.2) is 9.79 Å². The number of thioether (sulfide) groups is 1. The van der Waals surface area contributed by atoms with Gasteiger partial charge in [-0.3, -0.25) is 9.59 Å². The average Bonchev–Trinajstić information content (AvgIpc) is 2.61. The molecule has 1 aliphatic heterocycles. The largest absolute Gasteiger partial charge is 0.450 e. The summed E-state index contributed by atoms with van der Waals surface area (Å²) >= 11 is 1.28. The summed E-state index contributed by atoms with van der Waals surface area (Å²) in [5.41, 5.74) is 5.51. The second-order valence-electron chi connectivity index (χ2n) is 5.20. The van der Waals surface area contributed by atoms with Crippen molar-refractivity contribution in [1.29, 1.82) is 0 Å². The molecule has 0 aromatic rings. The first-order valence-corrected chi connectivity index (χ1v) is 8.86. The Morgan fingerprint density at radius 2 is 2.20 bits per heavy atom. The van der Waals surface area contributed by atoms with Gasteiger partial charge in [0.05, 0.1) is 12.4 Å². The van der Waals surface area contributed by atoms with Gasteiger partial charge in [0.15, 0.2) is 0 Å². The molecule has 10 heteroatoms. The molecule has 25 heavy (non-hydrogen) atoms. The highest BCUT2D eigenvalue weighted by atomic mass is 32.2. The van der Waals surface area contributed by atoms with Gasteiger partial charge in [-0.05, 0) is 12.8 Å². The van der Waals surface area contributed by atoms with Crippen molar-refractivity contribution < 1.29 is 23.9 Å². The lowest BCUT2D eigenvalue weighted by Gasteiger charge is -2.13. The number of rotatable bonds is 10. The molecule has 1 aliphatic rings. The van der Waals surface area contributed by atoms with Crippen molar-refractivity contribution in [3.8, 4) is 0 Å². The highest BCUT2D eigenvalue weighted by molar-refractivity contribution is 8.02. The molecule has 0 aliphatic carbocycles. The second kappa shape index (κ2) is 11.2. The Labute approximate surface area is 149 Å². The third kappa shape index (κ3) is 7.84. The van der Waals surface area contributed by atoms with E-state index in [2.05, 4.69) is 15.6 Å². The maximum atomic E-state index is 11.9. The molecule has 0 spiro atoms. The van der Waals surface area contributed by atoms with Gasteiger partial charge in [-0.15, -0.1) is 11.8 Å². The van der Waals surface area contributed by atoms with E-state index in [0.717, 1.165) is 6.42 Å². The van der Waals surface area contributed by atoms with Gasteiger partial charge in [0, 0.05) is 24.4 Å². The summed E-state index contributed by atoms with van der Waals surface area (Å²) in [4.78, 5) is 49.9. The quantitative estimate of drug-likeness (QED) is 0.362. The topological polar surface area (TPSA) is 140 Å². The Bertz CT molecular complexity index is 576. The molecule has 0 bridgehead atoms. The Kier molecular flexibility index (Phi) is 9.30. The third-order valence-corrected chi connectivity index (χ3v) is 3.92. The molecule has 138 valence electrons. The maximum Gasteiger partial charge on any atom is 0.407 e. The number of hydrogen-bond acceptors (Lipinski definition) is 8. The van der Waals surface area contributed by atoms with E-state index in [0.29, 0.717) is 25.1 Å². The highest BCUT2D eigenvalue weighted by Crippen LogP contribution is 2.14. The number of amides is 2. The first kappa shape index (κ1) is 20.7. The molecule has 1 atom stereocenters. The molecule has 1 rings (SSSR count). The van der Waals surface area contributed by atoms with Crippen molar-refractivity contribution in [3.63, 3.8) is 0 Å². The molecule has 0 saturated carbocycles. The normalized spacial score (nSPS) is 14.6. The fourth-order valence-electron chi connectivity index (χ4n) is 1.77. The Balaban J connectivity index is 2.35. The van der Waals surface area contributed by atoms with Crippen molar-refractivity contribution in [2.24, 2.45) is 16.6 Å². The summed E-state index contributed by atoms with van der Waals surface area (Å²) in [5, 5.41) is 6.37. The van der Waals surface area contributed by atoms with Crippen LogP contribution in [0.15, 0.2) is 16.1 Å². The van der Waals surface area contributed by atoms with Gasteiger partial charge in [-0.1, -0.05) is 6.92 Å². The van der Waals surface area contributed by atoms with Gasteiger partial charge in [0.1, 0.15) is 17.8 Å². The fourth-order valence-corrected chi connectivity index (χ4v) is 2.40. The van der Waals surface area contributed by atoms with Gasteiger partial charge in [0.25, 0.3) is 11.7 Å². The van der Waals surface area contributed by atoms with Crippen molar-refractivity contribution in [3.05, 3.63) is 11.1 Å². The van der Waals surface area contributed by atoms with Crippen LogP contribution in [0.5, 0.6) is 0 Å². The molecule has 0 unspecified atom stereocenters. The number of nitrogens with zero attached hydrogens (tertiary/aromatic N) is 1. The van der Waals surface area contributed by atoms with Crippen LogP contribution in [0.1, 0.15) is 19.8 Å². The molecule has 0 radical (unpaired) electrons. The predicted octanol–water partition coefficient (Wildman–Crippen LogP) is -0.0415. The van der Waals surface area contributed by atoms with E-state index in [1.165, 1.54) is 17.2 Å². The number of ether oxygens (including phenoxy) is 1. The first-order chi connectivity index (χ1) is 12.0. The van der Waals surface area contributed by atoms with Gasteiger partial charge in [0.2, 0.25) is 0 Å². The van der Waals surface area contributed by atoms with E-state index in [4.69, 9.17) is 10.5 Å². The molecule has 2 amide bonds. The summed E-state index contributed by atoms with van der Waals surface area (Å²) in [5.74, 6) is -1.45. The fraction of sp³-hybridized carbons (Fsp3) is 0.533. The van der Waals surface area contributed by atoms with E-state index >= 15 is 0 Å². The van der Waals surface area contributed by atoms with Crippen LogP contribution in [-0.4, -0.2) is 55.4 Å². The highest BCUT2D eigenvalue weighted by Gasteiger charge is 2.21. The number of amidine groups is 1. The van der Waals surface area contributed by atoms with Crippen LogP contribution >= 0.6 is 11.8 Å². The number of aliphatic imine (C=N–C) groups is 1. The number of hydrogen-bond donors (Lipinski definition) is 3. The second-order valence-corrected chi connectivity index (χ2v) is 6.06. The van der Waals surface area contributed by atoms with Crippen molar-refractivity contribution in [2.45, 2.75) is 19.8 Å². The van der Waals surface area contributed by atoms with Gasteiger partial charge in [-0.2, -0.15) is 0 Å². The number of nitrogens with two attached hydrogens (primary N) is 1. The zero-order chi connectivity index (χ0) is 18.7. The molecule has 0 saturated heterocycles. The van der Waals surface area contributed by atoms with Gasteiger partial charge >= 0.3 is 6.09 Å². The van der Waals surface area contributed by atoms with Crippen LogP contribution in [0, 0.1) is 5.92 Å². The lowest BCUT2D eigenvalue weighted by molar-refractivity contribution is -0.136. The molecule has 0 fully saturated rings. The standard InChI is InChI=1S/C15H22N4O5S/c1-2-5-24-15(23)17-4-3-10(7-20)6-18-14(22)13(21)11-8-25-9-12(16)19-11/h7-8,10H,2-6,9H2,1H3,(H2,16,19)(H,17,23)(H,18,22)/t10-/m1/s1. The van der Waals surface area contributed by atoms with Crippen LogP contribution in [0.25, 0.3) is 0 Å². The van der Waals surface area contributed by atoms with Crippen molar-refractivity contribution in [1.82, 2.24) is 10.6 Å². The lowest BCUT2D eigenvalue weighted by Crippen LogP contribution is -2.37. The smallest absolute Gasteiger partial charge is 0.407 e. The van der Waals surface area contributed by atoms with E-state index in [-0.39, 0.29) is 24.6 Å². The van der Waals surface area contributed by atoms with Crippen LogP contribution < -0.4 is 16.4 Å². The number of aldehydes is 1. The Hall–Kier alpha value is -2.36. The minimum absolute atomic E-state index is 0.0145. The van der Waals surface area contributed by atoms with Crippen molar-refractivity contribution >= 4 is 41.7 Å². The van der Waals surface area contributed by atoms with Crippen LogP contribution in [0.2, 0.25) is 0 Å². The third-order valence-electron chi connectivity index (χ3n) is 3.07. The molecular weight excluding hydrogens is 348 g/mol. The van der Waals surface area contributed by atoms with Crippen LogP contribution in [-0.2, 0) is 19.1 Å². The number of carbonyl (C=O) groups is 4. The molecular formula is C15H22N4O5S. The zero-order valence-corrected chi connectivity index (χ0v) is 14.8. The first-order valence-electron chi connectivity index (χ1n) is 7.81. The van der Waals surface area contributed by atoms with Gasteiger partial charge < -0.3 is 25.9 Å². The number of Topliss-reactive ketones (excluding diaryl/α,β-unsaturated/α-hetero) is 1. The molecule has 0 aromatic carbocycles. The van der Waals surface area contributed by atoms with Crippen LogP contribution in [0.3, 0.4) is 0 Å². The summed E-state index contributed by atoms with van der Waals surface area (Å²) in [6, 6.07) is 0. The SMILES string of the molecule is CCCOC(=O)NCC[C@@H](C=O)CNC(=O)C(=O)C1=CSCC(N)=N1. The summed E-state index contributed by atoms with van der Waals surface area (Å²) in [6.07, 6.45) is 1.14. The minimum atomic E-state index is -0.854. The summed E-state index contributed by atoms with van der Waals surface area (Å²) in [6.45, 7) is 2.40. The Morgan fingerprint density at radius 1 is 1.44 bits per heavy atom. The molecule has 0 aromatic heterocycles. The van der Waals surface area contributed by atoms with Crippen molar-refractivity contribution in [2.75, 3.05) is 25.4 Å². The monoisotopic (exact) mass is 370 g/mol. The number of alkyl carbamates (subject to hydrolysis) is 1. The van der Waals surface area contributed by atoms with Crippen LogP contribution in [0.4, 0.5) is 4.79 Å². The minimum Gasteiger partial charge on any atom is -0.450 e.